The summed E-state index contributed by atoms with van der Waals surface area (Å²) in [5.41, 5.74) is 2.60. The first-order valence-corrected chi connectivity index (χ1v) is 13.0. The normalized spacial score (nSPS) is 20.0. The maximum Gasteiger partial charge on any atom is 0.237 e. The number of ketones is 1. The van der Waals surface area contributed by atoms with E-state index < -0.39 is 0 Å². The molecule has 7 nitrogen and oxygen atoms in total. The van der Waals surface area contributed by atoms with Crippen molar-refractivity contribution in [2.24, 2.45) is 11.8 Å². The van der Waals surface area contributed by atoms with Crippen molar-refractivity contribution in [2.45, 2.75) is 36.9 Å². The molecule has 0 unspecified atom stereocenters. The number of benzene rings is 2. The first kappa shape index (κ1) is 22.7. The molecule has 2 atom stereocenters. The number of hydrogen-bond donors (Lipinski definition) is 1. The van der Waals surface area contributed by atoms with E-state index in [1.165, 1.54) is 34.9 Å². The summed E-state index contributed by atoms with van der Waals surface area (Å²) in [7, 11) is 0. The van der Waals surface area contributed by atoms with Crippen LogP contribution in [0.2, 0.25) is 0 Å². The van der Waals surface area contributed by atoms with E-state index in [0.29, 0.717) is 16.9 Å². The van der Waals surface area contributed by atoms with E-state index in [-0.39, 0.29) is 41.1 Å². The summed E-state index contributed by atoms with van der Waals surface area (Å²) in [5.74, 6) is -0.528. The maximum atomic E-state index is 12.9. The van der Waals surface area contributed by atoms with E-state index in [0.717, 1.165) is 40.2 Å². The lowest BCUT2D eigenvalue weighted by Crippen LogP contribution is -2.30. The molecule has 0 bridgehead atoms. The molecule has 1 aliphatic heterocycles. The molecule has 1 saturated carbocycles. The highest BCUT2D eigenvalue weighted by Gasteiger charge is 2.48. The molecule has 3 amide bonds. The van der Waals surface area contributed by atoms with Gasteiger partial charge in [0.1, 0.15) is 0 Å². The van der Waals surface area contributed by atoms with Gasteiger partial charge in [0.15, 0.2) is 10.1 Å². The number of nitrogens with one attached hydrogen (secondary N) is 1. The summed E-state index contributed by atoms with van der Waals surface area (Å²) in [5, 5.41) is 2.82. The standard InChI is InChI=1S/C25H23N3O4S2/c1-14(29)15-6-8-16(9-7-15)26-22(30)13-33-25-27-20-11-10-17(12-21(20)34-25)28-23(31)18-4-2-3-5-19(18)24(28)32/h6-12,18-19H,2-5,13H2,1H3,(H,26,30)/t18-,19-/m1/s1. The number of anilines is 2. The van der Waals surface area contributed by atoms with Gasteiger partial charge in [0.25, 0.3) is 0 Å². The lowest BCUT2D eigenvalue weighted by molar-refractivity contribution is -0.122. The number of carbonyl (C=O) groups excluding carboxylic acids is 4. The molecule has 9 heteroatoms. The number of nitrogens with zero attached hydrogens (tertiary/aromatic N) is 2. The van der Waals surface area contributed by atoms with Gasteiger partial charge in [-0.25, -0.2) is 4.98 Å². The minimum absolute atomic E-state index is 0.0238. The zero-order valence-electron chi connectivity index (χ0n) is 18.6. The third-order valence-electron chi connectivity index (χ3n) is 6.35. The van der Waals surface area contributed by atoms with Gasteiger partial charge >= 0.3 is 0 Å². The number of Topliss-reactive ketones (excluding diaryl/α,β-unsaturated/α-hetero) is 1. The van der Waals surface area contributed by atoms with Crippen LogP contribution in [0.4, 0.5) is 11.4 Å². The number of rotatable bonds is 6. The number of carbonyl (C=O) groups is 4. The molecule has 1 saturated heterocycles. The summed E-state index contributed by atoms with van der Waals surface area (Å²) >= 11 is 2.77. The zero-order valence-corrected chi connectivity index (χ0v) is 20.2. The predicted octanol–water partition coefficient (Wildman–Crippen LogP) is 4.91. The predicted molar refractivity (Wildman–Crippen MR) is 133 cm³/mol. The van der Waals surface area contributed by atoms with Crippen LogP contribution in [-0.4, -0.2) is 34.2 Å². The molecule has 0 radical (unpaired) electrons. The molecule has 5 rings (SSSR count). The Balaban J connectivity index is 1.25. The Hall–Kier alpha value is -3.04. The highest BCUT2D eigenvalue weighted by molar-refractivity contribution is 8.01. The SMILES string of the molecule is CC(=O)c1ccc(NC(=O)CSc2nc3ccc(N4C(=O)[C@@H]5CCCC[C@H]5C4=O)cc3s2)cc1. The van der Waals surface area contributed by atoms with Gasteiger partial charge in [0, 0.05) is 11.3 Å². The average Bonchev–Trinajstić information content (AvgIpc) is 3.36. The molecule has 1 N–H and O–H groups in total. The summed E-state index contributed by atoms with van der Waals surface area (Å²) in [6, 6.07) is 12.2. The summed E-state index contributed by atoms with van der Waals surface area (Å²) in [6.45, 7) is 1.50. The first-order valence-electron chi connectivity index (χ1n) is 11.2. The molecule has 1 aromatic heterocycles. The van der Waals surface area contributed by atoms with Crippen molar-refractivity contribution in [3.8, 4) is 0 Å². The van der Waals surface area contributed by atoms with Gasteiger partial charge in [0.05, 0.1) is 33.5 Å². The van der Waals surface area contributed by atoms with Crippen LogP contribution in [-0.2, 0) is 14.4 Å². The van der Waals surface area contributed by atoms with Crippen molar-refractivity contribution in [1.29, 1.82) is 0 Å². The molecule has 2 aromatic carbocycles. The highest BCUT2D eigenvalue weighted by atomic mass is 32.2. The smallest absolute Gasteiger partial charge is 0.237 e. The Labute approximate surface area is 204 Å². The van der Waals surface area contributed by atoms with E-state index in [4.69, 9.17) is 0 Å². The van der Waals surface area contributed by atoms with E-state index in [1.54, 1.807) is 30.3 Å². The maximum absolute atomic E-state index is 12.9. The van der Waals surface area contributed by atoms with Crippen molar-refractivity contribution in [2.75, 3.05) is 16.0 Å². The van der Waals surface area contributed by atoms with Crippen LogP contribution in [0.25, 0.3) is 10.2 Å². The van der Waals surface area contributed by atoms with Crippen molar-refractivity contribution < 1.29 is 19.2 Å². The van der Waals surface area contributed by atoms with Gasteiger partial charge in [-0.15, -0.1) is 11.3 Å². The lowest BCUT2D eigenvalue weighted by Gasteiger charge is -2.19. The number of fused-ring (bicyclic) bond motifs is 2. The molecule has 2 heterocycles. The fourth-order valence-corrected chi connectivity index (χ4v) is 6.52. The van der Waals surface area contributed by atoms with Crippen LogP contribution in [0.1, 0.15) is 43.0 Å². The molecular weight excluding hydrogens is 470 g/mol. The van der Waals surface area contributed by atoms with Crippen LogP contribution in [0.3, 0.4) is 0 Å². The Morgan fingerprint density at radius 3 is 2.38 bits per heavy atom. The van der Waals surface area contributed by atoms with Crippen LogP contribution in [0.15, 0.2) is 46.8 Å². The molecule has 1 aliphatic carbocycles. The largest absolute Gasteiger partial charge is 0.325 e. The molecule has 2 aliphatic rings. The van der Waals surface area contributed by atoms with Crippen LogP contribution in [0.5, 0.6) is 0 Å². The number of hydrogen-bond acceptors (Lipinski definition) is 7. The number of thiazole rings is 1. The molecule has 34 heavy (non-hydrogen) atoms. The number of amides is 3. The van der Waals surface area contributed by atoms with Crippen molar-refractivity contribution in [3.05, 3.63) is 48.0 Å². The average molecular weight is 494 g/mol. The molecule has 0 spiro atoms. The molecule has 2 fully saturated rings. The first-order chi connectivity index (χ1) is 16.4. The number of thioether (sulfide) groups is 1. The second kappa shape index (κ2) is 9.31. The molecular formula is C25H23N3O4S2. The van der Waals surface area contributed by atoms with Gasteiger partial charge in [-0.05, 0) is 62.2 Å². The molecule has 3 aromatic rings. The van der Waals surface area contributed by atoms with Crippen LogP contribution >= 0.6 is 23.1 Å². The van der Waals surface area contributed by atoms with Crippen LogP contribution < -0.4 is 10.2 Å². The highest BCUT2D eigenvalue weighted by Crippen LogP contribution is 2.41. The monoisotopic (exact) mass is 493 g/mol. The van der Waals surface area contributed by atoms with Crippen LogP contribution in [0, 0.1) is 11.8 Å². The van der Waals surface area contributed by atoms with Gasteiger partial charge < -0.3 is 5.32 Å². The van der Waals surface area contributed by atoms with Gasteiger partial charge in [-0.2, -0.15) is 0 Å². The second-order valence-electron chi connectivity index (χ2n) is 8.61. The summed E-state index contributed by atoms with van der Waals surface area (Å²) < 4.78 is 1.61. The Bertz CT molecular complexity index is 1280. The zero-order chi connectivity index (χ0) is 23.8. The van der Waals surface area contributed by atoms with Gasteiger partial charge in [0.2, 0.25) is 17.7 Å². The van der Waals surface area contributed by atoms with Crippen molar-refractivity contribution >= 4 is 68.2 Å². The topological polar surface area (TPSA) is 96.4 Å². The fourth-order valence-electron chi connectivity index (χ4n) is 4.62. The second-order valence-corrected chi connectivity index (χ2v) is 10.9. The third kappa shape index (κ3) is 4.37. The number of aromatic nitrogens is 1. The minimum Gasteiger partial charge on any atom is -0.325 e. The number of imide groups is 1. The van der Waals surface area contributed by atoms with E-state index >= 15 is 0 Å². The molecule has 174 valence electrons. The third-order valence-corrected chi connectivity index (χ3v) is 8.51. The van der Waals surface area contributed by atoms with E-state index in [1.807, 2.05) is 12.1 Å². The Morgan fingerprint density at radius 1 is 1.06 bits per heavy atom. The van der Waals surface area contributed by atoms with E-state index in [2.05, 4.69) is 10.3 Å². The lowest BCUT2D eigenvalue weighted by atomic mass is 9.81. The van der Waals surface area contributed by atoms with E-state index in [9.17, 15) is 19.2 Å². The Kier molecular flexibility index (Phi) is 6.22. The quantitative estimate of drug-likeness (QED) is 0.298. The summed E-state index contributed by atoms with van der Waals surface area (Å²) in [4.78, 5) is 55.4. The van der Waals surface area contributed by atoms with Crippen molar-refractivity contribution in [3.63, 3.8) is 0 Å². The van der Waals surface area contributed by atoms with Gasteiger partial charge in [-0.3, -0.25) is 24.1 Å². The summed E-state index contributed by atoms with van der Waals surface area (Å²) in [6.07, 6.45) is 3.58. The van der Waals surface area contributed by atoms with Crippen molar-refractivity contribution in [1.82, 2.24) is 4.98 Å². The van der Waals surface area contributed by atoms with Gasteiger partial charge in [-0.1, -0.05) is 24.6 Å². The Morgan fingerprint density at radius 2 is 1.74 bits per heavy atom. The minimum atomic E-state index is -0.179. The fraction of sp³-hybridized carbons (Fsp3) is 0.320.